The van der Waals surface area contributed by atoms with Crippen molar-refractivity contribution in [2.75, 3.05) is 6.26 Å². The topological polar surface area (TPSA) is 78.9 Å². The lowest BCUT2D eigenvalue weighted by Crippen LogP contribution is -2.27. The van der Waals surface area contributed by atoms with Gasteiger partial charge in [-0.25, -0.2) is 0 Å². The minimum atomic E-state index is -3.58. The van der Waals surface area contributed by atoms with Crippen molar-refractivity contribution in [1.29, 1.82) is 0 Å². The molecule has 34 heavy (non-hydrogen) atoms. The maximum absolute atomic E-state index is 12.3. The van der Waals surface area contributed by atoms with Crippen molar-refractivity contribution in [1.82, 2.24) is 0 Å². The predicted molar refractivity (Wildman–Crippen MR) is 128 cm³/mol. The molecule has 1 fully saturated rings. The Hall–Kier alpha value is -3.60. The van der Waals surface area contributed by atoms with Crippen molar-refractivity contribution in [3.8, 4) is 23.3 Å². The number of carbonyl (C=O) groups is 1. The van der Waals surface area contributed by atoms with E-state index in [1.807, 2.05) is 54.6 Å². The van der Waals surface area contributed by atoms with E-state index < -0.39 is 16.2 Å². The summed E-state index contributed by atoms with van der Waals surface area (Å²) in [4.78, 5) is 12.3. The SMILES string of the molecule is CS(=O)(=O)Oc1ccc(C#C[C@H]2CC(=O)C[C@@H](c3ccc(OCc4ccccc4)cc3)O2)cc1. The molecule has 4 rings (SSSR count). The van der Waals surface area contributed by atoms with Crippen molar-refractivity contribution >= 4 is 15.9 Å². The summed E-state index contributed by atoms with van der Waals surface area (Å²) < 4.78 is 39.1. The largest absolute Gasteiger partial charge is 0.489 e. The molecular formula is C27H24O6S. The Labute approximate surface area is 199 Å². The lowest BCUT2D eigenvalue weighted by molar-refractivity contribution is -0.132. The lowest BCUT2D eigenvalue weighted by atomic mass is 9.97. The second kappa shape index (κ2) is 10.6. The van der Waals surface area contributed by atoms with Crippen LogP contribution in [0.25, 0.3) is 0 Å². The number of rotatable bonds is 6. The highest BCUT2D eigenvalue weighted by Crippen LogP contribution is 2.30. The van der Waals surface area contributed by atoms with Crippen LogP contribution in [0.15, 0.2) is 78.9 Å². The Balaban J connectivity index is 1.37. The van der Waals surface area contributed by atoms with E-state index in [9.17, 15) is 13.2 Å². The molecule has 0 aromatic heterocycles. The molecule has 7 heteroatoms. The van der Waals surface area contributed by atoms with Crippen LogP contribution >= 0.6 is 0 Å². The van der Waals surface area contributed by atoms with E-state index in [0.717, 1.165) is 23.1 Å². The molecule has 174 valence electrons. The van der Waals surface area contributed by atoms with Crippen molar-refractivity contribution in [3.63, 3.8) is 0 Å². The van der Waals surface area contributed by atoms with Gasteiger partial charge < -0.3 is 13.7 Å². The number of ketones is 1. The van der Waals surface area contributed by atoms with Crippen LogP contribution in [0.3, 0.4) is 0 Å². The first-order chi connectivity index (χ1) is 16.3. The summed E-state index contributed by atoms with van der Waals surface area (Å²) in [5.74, 6) is 7.05. The Morgan fingerprint density at radius 1 is 0.912 bits per heavy atom. The van der Waals surface area contributed by atoms with Gasteiger partial charge in [0.05, 0.1) is 12.4 Å². The molecule has 1 aliphatic rings. The van der Waals surface area contributed by atoms with Gasteiger partial charge in [-0.1, -0.05) is 54.3 Å². The third kappa shape index (κ3) is 6.95. The first kappa shape index (κ1) is 23.6. The Morgan fingerprint density at radius 2 is 1.59 bits per heavy atom. The minimum Gasteiger partial charge on any atom is -0.489 e. The van der Waals surface area contributed by atoms with Crippen LogP contribution in [-0.2, 0) is 26.3 Å². The fourth-order valence-electron chi connectivity index (χ4n) is 3.52. The van der Waals surface area contributed by atoms with Crippen molar-refractivity contribution in [3.05, 3.63) is 95.6 Å². The van der Waals surface area contributed by atoms with Gasteiger partial charge in [0.2, 0.25) is 0 Å². The fourth-order valence-corrected chi connectivity index (χ4v) is 3.99. The van der Waals surface area contributed by atoms with Crippen LogP contribution in [0.5, 0.6) is 11.5 Å². The van der Waals surface area contributed by atoms with Crippen LogP contribution in [0.4, 0.5) is 0 Å². The van der Waals surface area contributed by atoms with E-state index >= 15 is 0 Å². The highest BCUT2D eigenvalue weighted by molar-refractivity contribution is 7.86. The molecule has 3 aromatic carbocycles. The molecule has 0 N–H and O–H groups in total. The summed E-state index contributed by atoms with van der Waals surface area (Å²) in [5, 5.41) is 0. The van der Waals surface area contributed by atoms with Crippen LogP contribution in [0.2, 0.25) is 0 Å². The number of hydrogen-bond donors (Lipinski definition) is 0. The average Bonchev–Trinajstić information content (AvgIpc) is 2.82. The van der Waals surface area contributed by atoms with Gasteiger partial charge in [-0.2, -0.15) is 8.42 Å². The molecule has 2 atom stereocenters. The Bertz CT molecular complexity index is 1290. The van der Waals surface area contributed by atoms with Gasteiger partial charge in [0.1, 0.15) is 30.0 Å². The van der Waals surface area contributed by atoms with Crippen molar-refractivity contribution in [2.45, 2.75) is 31.7 Å². The smallest absolute Gasteiger partial charge is 0.306 e. The van der Waals surface area contributed by atoms with Gasteiger partial charge in [0, 0.05) is 18.4 Å². The summed E-state index contributed by atoms with van der Waals surface area (Å²) >= 11 is 0. The van der Waals surface area contributed by atoms with E-state index in [2.05, 4.69) is 11.8 Å². The molecule has 1 heterocycles. The Morgan fingerprint density at radius 3 is 2.26 bits per heavy atom. The van der Waals surface area contributed by atoms with E-state index in [1.165, 1.54) is 12.1 Å². The third-order valence-electron chi connectivity index (χ3n) is 5.13. The van der Waals surface area contributed by atoms with E-state index in [1.54, 1.807) is 12.1 Å². The van der Waals surface area contributed by atoms with Crippen LogP contribution in [0.1, 0.15) is 35.6 Å². The minimum absolute atomic E-state index is 0.0943. The van der Waals surface area contributed by atoms with Gasteiger partial charge in [-0.15, -0.1) is 0 Å². The van der Waals surface area contributed by atoms with Crippen molar-refractivity contribution in [2.24, 2.45) is 0 Å². The van der Waals surface area contributed by atoms with Gasteiger partial charge in [-0.3, -0.25) is 4.79 Å². The van der Waals surface area contributed by atoms with Crippen LogP contribution < -0.4 is 8.92 Å². The Kier molecular flexibility index (Phi) is 7.31. The molecule has 6 nitrogen and oxygen atoms in total. The van der Waals surface area contributed by atoms with E-state index in [-0.39, 0.29) is 24.1 Å². The molecule has 0 radical (unpaired) electrons. The maximum Gasteiger partial charge on any atom is 0.306 e. The molecule has 1 saturated heterocycles. The maximum atomic E-state index is 12.3. The molecule has 3 aromatic rings. The predicted octanol–water partition coefficient (Wildman–Crippen LogP) is 4.44. The van der Waals surface area contributed by atoms with Gasteiger partial charge >= 0.3 is 10.1 Å². The van der Waals surface area contributed by atoms with Gasteiger partial charge in [-0.05, 0) is 47.5 Å². The van der Waals surface area contributed by atoms with Gasteiger partial charge in [0.15, 0.2) is 0 Å². The molecule has 0 bridgehead atoms. The number of benzene rings is 3. The zero-order chi connectivity index (χ0) is 24.0. The average molecular weight is 477 g/mol. The van der Waals surface area contributed by atoms with E-state index in [0.29, 0.717) is 18.6 Å². The second-order valence-electron chi connectivity index (χ2n) is 7.98. The molecule has 0 amide bonds. The highest BCUT2D eigenvalue weighted by atomic mass is 32.2. The zero-order valence-electron chi connectivity index (χ0n) is 18.6. The number of ether oxygens (including phenoxy) is 2. The normalized spacial score (nSPS) is 18.0. The monoisotopic (exact) mass is 476 g/mol. The molecule has 0 saturated carbocycles. The summed E-state index contributed by atoms with van der Waals surface area (Å²) in [6, 6.07) is 23.9. The quantitative estimate of drug-likeness (QED) is 0.387. The van der Waals surface area contributed by atoms with E-state index in [4.69, 9.17) is 13.7 Å². The van der Waals surface area contributed by atoms with Crippen LogP contribution in [0, 0.1) is 11.8 Å². The molecule has 0 aliphatic carbocycles. The number of carbonyl (C=O) groups excluding carboxylic acids is 1. The highest BCUT2D eigenvalue weighted by Gasteiger charge is 2.28. The van der Waals surface area contributed by atoms with Crippen molar-refractivity contribution < 1.29 is 26.9 Å². The van der Waals surface area contributed by atoms with Crippen LogP contribution in [-0.4, -0.2) is 26.6 Å². The molecule has 1 aliphatic heterocycles. The lowest BCUT2D eigenvalue weighted by Gasteiger charge is -2.26. The second-order valence-corrected chi connectivity index (χ2v) is 9.56. The molecular weight excluding hydrogens is 452 g/mol. The fraction of sp³-hybridized carbons (Fsp3) is 0.222. The number of hydrogen-bond acceptors (Lipinski definition) is 6. The summed E-state index contributed by atoms with van der Waals surface area (Å²) in [7, 11) is -3.58. The summed E-state index contributed by atoms with van der Waals surface area (Å²) in [5.41, 5.74) is 2.65. The van der Waals surface area contributed by atoms with Gasteiger partial charge in [0.25, 0.3) is 0 Å². The molecule has 0 unspecified atom stereocenters. The first-order valence-corrected chi connectivity index (χ1v) is 12.6. The third-order valence-corrected chi connectivity index (χ3v) is 5.63. The number of Topliss-reactive ketones (excluding diaryl/α,β-unsaturated/α-hetero) is 1. The zero-order valence-corrected chi connectivity index (χ0v) is 19.5. The summed E-state index contributed by atoms with van der Waals surface area (Å²) in [6.07, 6.45) is 0.637. The first-order valence-electron chi connectivity index (χ1n) is 10.8. The molecule has 0 spiro atoms. The summed E-state index contributed by atoms with van der Waals surface area (Å²) in [6.45, 7) is 0.484. The standard InChI is InChI=1S/C27H24O6S/c1-34(29,30)33-25-12-7-20(8-13-25)9-14-26-17-23(28)18-27(32-26)22-10-15-24(16-11-22)31-19-21-5-3-2-4-6-21/h2-8,10-13,15-16,26-27H,17-19H2,1H3/t26-,27-/m0/s1.